The molecular weight excluding hydrogens is 432 g/mol. The number of benzene rings is 3. The lowest BCUT2D eigenvalue weighted by molar-refractivity contribution is -0.126. The minimum absolute atomic E-state index is 0.0661. The Morgan fingerprint density at radius 3 is 2.24 bits per heavy atom. The molecule has 0 bridgehead atoms. The summed E-state index contributed by atoms with van der Waals surface area (Å²) in [5.41, 5.74) is 4.42. The van der Waals surface area contributed by atoms with Gasteiger partial charge in [-0.15, -0.1) is 0 Å². The molecule has 0 aromatic heterocycles. The number of aromatic carboxylic acids is 1. The van der Waals surface area contributed by atoms with Gasteiger partial charge >= 0.3 is 5.97 Å². The number of carboxylic acids is 1. The highest BCUT2D eigenvalue weighted by Gasteiger charge is 2.37. The Morgan fingerprint density at radius 1 is 0.939 bits per heavy atom. The van der Waals surface area contributed by atoms with E-state index in [-0.39, 0.29) is 16.7 Å². The van der Waals surface area contributed by atoms with E-state index in [0.717, 1.165) is 18.4 Å². The first-order chi connectivity index (χ1) is 16.0. The number of nitrogens with zero attached hydrogens (tertiary/aromatic N) is 2. The number of amidine groups is 1. The van der Waals surface area contributed by atoms with E-state index in [1.165, 1.54) is 35.0 Å². The average Bonchev–Trinajstić information content (AvgIpc) is 3.12. The maximum Gasteiger partial charge on any atom is 0.335 e. The molecule has 5 nitrogen and oxygen atoms in total. The maximum absolute atomic E-state index is 13.3. The van der Waals surface area contributed by atoms with E-state index in [4.69, 9.17) is 10.1 Å². The smallest absolute Gasteiger partial charge is 0.335 e. The minimum Gasteiger partial charge on any atom is -0.478 e. The number of aliphatic imine (C=N–C) groups is 1. The van der Waals surface area contributed by atoms with Crippen molar-refractivity contribution in [3.8, 4) is 0 Å². The zero-order valence-corrected chi connectivity index (χ0v) is 19.3. The van der Waals surface area contributed by atoms with E-state index in [9.17, 15) is 9.59 Å². The van der Waals surface area contributed by atoms with Crippen molar-refractivity contribution in [2.75, 3.05) is 6.54 Å². The van der Waals surface area contributed by atoms with Crippen molar-refractivity contribution in [2.45, 2.75) is 31.4 Å². The highest BCUT2D eigenvalue weighted by molar-refractivity contribution is 8.15. The summed E-state index contributed by atoms with van der Waals surface area (Å²) in [4.78, 5) is 31.0. The summed E-state index contributed by atoms with van der Waals surface area (Å²) < 4.78 is 0. The van der Waals surface area contributed by atoms with Crippen molar-refractivity contribution >= 4 is 34.5 Å². The highest BCUT2D eigenvalue weighted by atomic mass is 32.2. The van der Waals surface area contributed by atoms with Crippen LogP contribution in [0.2, 0.25) is 0 Å². The summed E-state index contributed by atoms with van der Waals surface area (Å²) in [6, 6.07) is 24.9. The fourth-order valence-corrected chi connectivity index (χ4v) is 4.96. The number of thioether (sulfide) groups is 1. The molecule has 1 saturated heterocycles. The molecule has 1 aliphatic heterocycles. The molecular formula is C27H26N2O3S. The molecule has 1 aliphatic rings. The molecule has 168 valence electrons. The van der Waals surface area contributed by atoms with Gasteiger partial charge in [-0.05, 0) is 60.2 Å². The topological polar surface area (TPSA) is 70.0 Å². The molecule has 0 spiro atoms. The van der Waals surface area contributed by atoms with Crippen LogP contribution >= 0.6 is 11.8 Å². The van der Waals surface area contributed by atoms with Crippen LogP contribution < -0.4 is 0 Å². The molecule has 3 aromatic carbocycles. The van der Waals surface area contributed by atoms with Gasteiger partial charge in [-0.2, -0.15) is 0 Å². The summed E-state index contributed by atoms with van der Waals surface area (Å²) in [7, 11) is 0. The van der Waals surface area contributed by atoms with Crippen LogP contribution in [0.15, 0.2) is 83.9 Å². The fraction of sp³-hybridized carbons (Fsp3) is 0.222. The monoisotopic (exact) mass is 458 g/mol. The second kappa shape index (κ2) is 10.5. The lowest BCUT2D eigenvalue weighted by Gasteiger charge is -2.16. The van der Waals surface area contributed by atoms with Gasteiger partial charge in [0.05, 0.1) is 16.5 Å². The third-order valence-electron chi connectivity index (χ3n) is 5.68. The Kier molecular flexibility index (Phi) is 7.25. The standard InChI is InChI=1S/C27H26N2O3S/c1-2-19-8-10-21(11-9-19)18-24-25(30)29(17-16-20-6-4-3-5-7-20)27(33-24)28-23-14-12-22(13-15-23)26(31)32/h3-15,24H,2,16-18H2,1H3,(H,31,32). The van der Waals surface area contributed by atoms with Gasteiger partial charge in [0.15, 0.2) is 5.17 Å². The van der Waals surface area contributed by atoms with Crippen LogP contribution in [0, 0.1) is 0 Å². The first kappa shape index (κ1) is 22.8. The number of carbonyl (C=O) groups is 2. The Morgan fingerprint density at radius 2 is 1.61 bits per heavy atom. The maximum atomic E-state index is 13.3. The Bertz CT molecular complexity index is 1140. The molecule has 1 fully saturated rings. The molecule has 1 unspecified atom stereocenters. The summed E-state index contributed by atoms with van der Waals surface area (Å²) in [6.45, 7) is 2.68. The molecule has 3 aromatic rings. The third-order valence-corrected chi connectivity index (χ3v) is 6.85. The van der Waals surface area contributed by atoms with E-state index >= 15 is 0 Å². The first-order valence-corrected chi connectivity index (χ1v) is 11.9. The second-order valence-corrected chi connectivity index (χ2v) is 9.12. The number of amides is 1. The second-order valence-electron chi connectivity index (χ2n) is 7.95. The van der Waals surface area contributed by atoms with E-state index in [2.05, 4.69) is 43.3 Å². The SMILES string of the molecule is CCc1ccc(CC2SC(=Nc3ccc(C(=O)O)cc3)N(CCc3ccccc3)C2=O)cc1. The van der Waals surface area contributed by atoms with Gasteiger partial charge in [0, 0.05) is 6.54 Å². The van der Waals surface area contributed by atoms with Crippen molar-refractivity contribution in [3.63, 3.8) is 0 Å². The van der Waals surface area contributed by atoms with E-state index in [1.54, 1.807) is 17.0 Å². The van der Waals surface area contributed by atoms with E-state index in [1.807, 2.05) is 18.2 Å². The quantitative estimate of drug-likeness (QED) is 0.493. The average molecular weight is 459 g/mol. The van der Waals surface area contributed by atoms with Gasteiger partial charge in [-0.1, -0.05) is 73.3 Å². The van der Waals surface area contributed by atoms with Gasteiger partial charge in [0.1, 0.15) is 0 Å². The van der Waals surface area contributed by atoms with E-state index in [0.29, 0.717) is 23.8 Å². The number of rotatable bonds is 8. The largest absolute Gasteiger partial charge is 0.478 e. The summed E-state index contributed by atoms with van der Waals surface area (Å²) in [5, 5.41) is 9.56. The van der Waals surface area contributed by atoms with Gasteiger partial charge in [-0.25, -0.2) is 9.79 Å². The van der Waals surface area contributed by atoms with Crippen LogP contribution in [-0.4, -0.2) is 38.8 Å². The van der Waals surface area contributed by atoms with E-state index < -0.39 is 5.97 Å². The summed E-state index contributed by atoms with van der Waals surface area (Å²) >= 11 is 1.48. The van der Waals surface area contributed by atoms with Crippen LogP contribution in [0.3, 0.4) is 0 Å². The molecule has 1 amide bonds. The molecule has 0 saturated carbocycles. The van der Waals surface area contributed by atoms with Gasteiger partial charge in [0.2, 0.25) is 5.91 Å². The number of carbonyl (C=O) groups excluding carboxylic acids is 1. The lowest BCUT2D eigenvalue weighted by Crippen LogP contribution is -2.34. The molecule has 0 radical (unpaired) electrons. The van der Waals surface area contributed by atoms with Crippen LogP contribution in [-0.2, 0) is 24.1 Å². The molecule has 6 heteroatoms. The zero-order chi connectivity index (χ0) is 23.2. The normalized spacial score (nSPS) is 17.0. The number of aryl methyl sites for hydroxylation is 1. The zero-order valence-electron chi connectivity index (χ0n) is 18.5. The Balaban J connectivity index is 1.56. The molecule has 1 N–H and O–H groups in total. The number of hydrogen-bond donors (Lipinski definition) is 1. The van der Waals surface area contributed by atoms with Gasteiger partial charge in [-0.3, -0.25) is 9.69 Å². The van der Waals surface area contributed by atoms with Crippen molar-refractivity contribution in [1.82, 2.24) is 4.90 Å². The molecule has 0 aliphatic carbocycles. The number of carboxylic acid groups (broad SMARTS) is 1. The predicted molar refractivity (Wildman–Crippen MR) is 133 cm³/mol. The molecule has 1 heterocycles. The predicted octanol–water partition coefficient (Wildman–Crippen LogP) is 5.36. The van der Waals surface area contributed by atoms with Crippen molar-refractivity contribution in [3.05, 3.63) is 101 Å². The van der Waals surface area contributed by atoms with Crippen LogP contribution in [0.1, 0.15) is 34.0 Å². The summed E-state index contributed by atoms with van der Waals surface area (Å²) in [6.07, 6.45) is 2.37. The summed E-state index contributed by atoms with van der Waals surface area (Å²) in [5.74, 6) is -0.908. The van der Waals surface area contributed by atoms with Gasteiger partial charge < -0.3 is 5.11 Å². The third kappa shape index (κ3) is 5.71. The van der Waals surface area contributed by atoms with Crippen molar-refractivity contribution < 1.29 is 14.7 Å². The van der Waals surface area contributed by atoms with Crippen LogP contribution in [0.25, 0.3) is 0 Å². The first-order valence-electron chi connectivity index (χ1n) is 11.1. The molecule has 4 rings (SSSR count). The molecule has 33 heavy (non-hydrogen) atoms. The van der Waals surface area contributed by atoms with Crippen LogP contribution in [0.4, 0.5) is 5.69 Å². The minimum atomic E-state index is -0.974. The molecule has 1 atom stereocenters. The highest BCUT2D eigenvalue weighted by Crippen LogP contribution is 2.32. The van der Waals surface area contributed by atoms with Crippen LogP contribution in [0.5, 0.6) is 0 Å². The Labute approximate surface area is 198 Å². The van der Waals surface area contributed by atoms with Crippen molar-refractivity contribution in [1.29, 1.82) is 0 Å². The fourth-order valence-electron chi connectivity index (χ4n) is 3.73. The van der Waals surface area contributed by atoms with Crippen molar-refractivity contribution in [2.24, 2.45) is 4.99 Å². The number of hydrogen-bond acceptors (Lipinski definition) is 4. The van der Waals surface area contributed by atoms with Gasteiger partial charge in [0.25, 0.3) is 0 Å². The Hall–Kier alpha value is -3.38. The lowest BCUT2D eigenvalue weighted by atomic mass is 10.1.